The standard InChI is InChI=1S/C18H19N5O5/c1-11-14(12(2)28-21-11)9-22-5-6-23-10-15(27-18(23)20-17(22)25)16(24)19-8-13-4-3-7-26-13/h3-4,7,10H,5-6,8-9H2,1-2H3,(H,19,24). The minimum Gasteiger partial charge on any atom is -0.467 e. The van der Waals surface area contributed by atoms with E-state index in [2.05, 4.69) is 15.5 Å². The molecule has 10 nitrogen and oxygen atoms in total. The lowest BCUT2D eigenvalue weighted by Crippen LogP contribution is -2.32. The smallest absolute Gasteiger partial charge is 0.348 e. The summed E-state index contributed by atoms with van der Waals surface area (Å²) in [6.45, 7) is 5.09. The van der Waals surface area contributed by atoms with E-state index in [4.69, 9.17) is 13.7 Å². The summed E-state index contributed by atoms with van der Waals surface area (Å²) in [5.74, 6) is 0.975. The number of amidine groups is 1. The van der Waals surface area contributed by atoms with Crippen molar-refractivity contribution in [2.24, 2.45) is 4.99 Å². The van der Waals surface area contributed by atoms with Gasteiger partial charge in [-0.15, -0.1) is 4.99 Å². The molecule has 0 saturated heterocycles. The van der Waals surface area contributed by atoms with Crippen LogP contribution in [-0.2, 0) is 22.6 Å². The summed E-state index contributed by atoms with van der Waals surface area (Å²) < 4.78 is 15.8. The topological polar surface area (TPSA) is 113 Å². The average molecular weight is 385 g/mol. The zero-order chi connectivity index (χ0) is 19.7. The summed E-state index contributed by atoms with van der Waals surface area (Å²) in [5, 5.41) is 6.60. The van der Waals surface area contributed by atoms with E-state index in [0.29, 0.717) is 31.2 Å². The molecule has 2 aromatic rings. The van der Waals surface area contributed by atoms with Crippen LogP contribution >= 0.6 is 0 Å². The Labute approximate surface area is 160 Å². The molecule has 146 valence electrons. The maximum atomic E-state index is 12.5. The molecule has 0 unspecified atom stereocenters. The third-order valence-electron chi connectivity index (χ3n) is 4.55. The van der Waals surface area contributed by atoms with Crippen molar-refractivity contribution < 1.29 is 23.3 Å². The van der Waals surface area contributed by atoms with Crippen LogP contribution < -0.4 is 5.32 Å². The molecule has 0 radical (unpaired) electrons. The Hall–Kier alpha value is -3.56. The highest BCUT2D eigenvalue weighted by Gasteiger charge is 2.32. The number of rotatable bonds is 5. The van der Waals surface area contributed by atoms with Gasteiger partial charge < -0.3 is 23.9 Å². The molecule has 2 aromatic heterocycles. The zero-order valence-electron chi connectivity index (χ0n) is 15.5. The van der Waals surface area contributed by atoms with Gasteiger partial charge in [0.1, 0.15) is 11.5 Å². The predicted octanol–water partition coefficient (Wildman–Crippen LogP) is 1.67. The van der Waals surface area contributed by atoms with Gasteiger partial charge in [-0.25, -0.2) is 4.79 Å². The first kappa shape index (κ1) is 17.8. The molecule has 0 aromatic carbocycles. The highest BCUT2D eigenvalue weighted by molar-refractivity contribution is 5.99. The molecule has 0 spiro atoms. The van der Waals surface area contributed by atoms with E-state index in [1.165, 1.54) is 6.26 Å². The van der Waals surface area contributed by atoms with Crippen LogP contribution in [0.2, 0.25) is 0 Å². The Morgan fingerprint density at radius 1 is 1.32 bits per heavy atom. The first-order valence-corrected chi connectivity index (χ1v) is 8.77. The monoisotopic (exact) mass is 385 g/mol. The molecule has 2 aliphatic rings. The molecule has 4 rings (SSSR count). The Morgan fingerprint density at radius 3 is 2.89 bits per heavy atom. The molecule has 1 N–H and O–H groups in total. The Kier molecular flexibility index (Phi) is 4.60. The molecule has 4 heterocycles. The summed E-state index contributed by atoms with van der Waals surface area (Å²) >= 11 is 0. The summed E-state index contributed by atoms with van der Waals surface area (Å²) in [5.41, 5.74) is 1.61. The number of ether oxygens (including phenoxy) is 1. The number of aryl methyl sites for hydroxylation is 2. The number of urea groups is 1. The van der Waals surface area contributed by atoms with Crippen molar-refractivity contribution in [2.45, 2.75) is 26.9 Å². The Balaban J connectivity index is 1.40. The van der Waals surface area contributed by atoms with Crippen LogP contribution in [0.5, 0.6) is 0 Å². The summed E-state index contributed by atoms with van der Waals surface area (Å²) in [6, 6.07) is 3.15. The molecule has 0 saturated carbocycles. The fraction of sp³-hybridized carbons (Fsp3) is 0.333. The molecule has 28 heavy (non-hydrogen) atoms. The van der Waals surface area contributed by atoms with E-state index in [9.17, 15) is 9.59 Å². The number of amides is 3. The summed E-state index contributed by atoms with van der Waals surface area (Å²) in [4.78, 5) is 32.0. The first-order chi connectivity index (χ1) is 13.5. The molecular weight excluding hydrogens is 366 g/mol. The normalized spacial score (nSPS) is 16.3. The van der Waals surface area contributed by atoms with Gasteiger partial charge >= 0.3 is 12.1 Å². The van der Waals surface area contributed by atoms with Crippen molar-refractivity contribution in [1.82, 2.24) is 20.3 Å². The van der Waals surface area contributed by atoms with Gasteiger partial charge in [0.05, 0.1) is 31.2 Å². The van der Waals surface area contributed by atoms with Crippen molar-refractivity contribution in [3.8, 4) is 0 Å². The highest BCUT2D eigenvalue weighted by Crippen LogP contribution is 2.20. The molecule has 0 fully saturated rings. The number of fused-ring (bicyclic) bond motifs is 1. The number of furan rings is 1. The number of carbonyl (C=O) groups is 2. The van der Waals surface area contributed by atoms with Crippen LogP contribution in [0.3, 0.4) is 0 Å². The molecule has 10 heteroatoms. The number of hydrogen-bond donors (Lipinski definition) is 1. The second-order valence-electron chi connectivity index (χ2n) is 6.45. The largest absolute Gasteiger partial charge is 0.467 e. The number of aromatic nitrogens is 1. The number of hydrogen-bond acceptors (Lipinski definition) is 7. The number of carbonyl (C=O) groups excluding carboxylic acids is 2. The third-order valence-corrected chi connectivity index (χ3v) is 4.55. The quantitative estimate of drug-likeness (QED) is 0.833. The number of nitrogens with one attached hydrogen (secondary N) is 1. The van der Waals surface area contributed by atoms with Gasteiger partial charge in [0.2, 0.25) is 5.76 Å². The van der Waals surface area contributed by atoms with Crippen LogP contribution in [-0.4, -0.2) is 46.0 Å². The second kappa shape index (κ2) is 7.22. The number of aliphatic imine (C=N–C) groups is 1. The van der Waals surface area contributed by atoms with Gasteiger partial charge in [-0.1, -0.05) is 5.16 Å². The lowest BCUT2D eigenvalue weighted by atomic mass is 10.2. The van der Waals surface area contributed by atoms with Crippen molar-refractivity contribution in [1.29, 1.82) is 0 Å². The van der Waals surface area contributed by atoms with E-state index in [0.717, 1.165) is 11.3 Å². The van der Waals surface area contributed by atoms with Crippen LogP contribution in [0, 0.1) is 13.8 Å². The van der Waals surface area contributed by atoms with Gasteiger partial charge in [0.15, 0.2) is 0 Å². The van der Waals surface area contributed by atoms with E-state index >= 15 is 0 Å². The molecule has 0 atom stereocenters. The minimum atomic E-state index is -0.442. The van der Waals surface area contributed by atoms with Crippen LogP contribution in [0.25, 0.3) is 0 Å². The Bertz CT molecular complexity index is 940. The van der Waals surface area contributed by atoms with Crippen molar-refractivity contribution in [3.05, 3.63) is 53.1 Å². The molecule has 3 amide bonds. The van der Waals surface area contributed by atoms with E-state index < -0.39 is 11.9 Å². The third kappa shape index (κ3) is 3.48. The summed E-state index contributed by atoms with van der Waals surface area (Å²) in [6.07, 6.45) is 3.08. The van der Waals surface area contributed by atoms with Crippen LogP contribution in [0.1, 0.15) is 22.8 Å². The maximum Gasteiger partial charge on any atom is 0.348 e. The second-order valence-corrected chi connectivity index (χ2v) is 6.45. The molecule has 2 aliphatic heterocycles. The molecule has 0 aliphatic carbocycles. The van der Waals surface area contributed by atoms with E-state index in [1.54, 1.807) is 35.1 Å². The summed E-state index contributed by atoms with van der Waals surface area (Å²) in [7, 11) is 0. The maximum absolute atomic E-state index is 12.5. The van der Waals surface area contributed by atoms with Crippen LogP contribution in [0.15, 0.2) is 44.3 Å². The van der Waals surface area contributed by atoms with E-state index in [1.807, 2.05) is 6.92 Å². The van der Waals surface area contributed by atoms with Crippen molar-refractivity contribution >= 4 is 18.0 Å². The number of nitrogens with zero attached hydrogens (tertiary/aromatic N) is 4. The lowest BCUT2D eigenvalue weighted by molar-refractivity contribution is -0.119. The van der Waals surface area contributed by atoms with Gasteiger partial charge in [0.25, 0.3) is 5.91 Å². The van der Waals surface area contributed by atoms with Crippen LogP contribution in [0.4, 0.5) is 4.79 Å². The average Bonchev–Trinajstić information content (AvgIpc) is 3.38. The molecule has 0 bridgehead atoms. The van der Waals surface area contributed by atoms with Crippen molar-refractivity contribution in [3.63, 3.8) is 0 Å². The van der Waals surface area contributed by atoms with Gasteiger partial charge in [0, 0.05) is 18.7 Å². The SMILES string of the molecule is Cc1noc(C)c1CN1CCN2C=C(C(=O)NCc3ccco3)OC2=NC1=O. The highest BCUT2D eigenvalue weighted by atomic mass is 16.5. The predicted molar refractivity (Wildman–Crippen MR) is 95.6 cm³/mol. The lowest BCUT2D eigenvalue weighted by Gasteiger charge is -2.19. The van der Waals surface area contributed by atoms with Gasteiger partial charge in [-0.3, -0.25) is 9.69 Å². The van der Waals surface area contributed by atoms with Crippen molar-refractivity contribution in [2.75, 3.05) is 13.1 Å². The van der Waals surface area contributed by atoms with Gasteiger partial charge in [-0.2, -0.15) is 0 Å². The van der Waals surface area contributed by atoms with Gasteiger partial charge in [-0.05, 0) is 26.0 Å². The zero-order valence-corrected chi connectivity index (χ0v) is 15.5. The Morgan fingerprint density at radius 2 is 2.18 bits per heavy atom. The van der Waals surface area contributed by atoms with E-state index in [-0.39, 0.29) is 18.3 Å². The fourth-order valence-corrected chi connectivity index (χ4v) is 2.94. The fourth-order valence-electron chi connectivity index (χ4n) is 2.94. The molecular formula is C18H19N5O5. The first-order valence-electron chi connectivity index (χ1n) is 8.77. The minimum absolute atomic E-state index is 0.0808.